The van der Waals surface area contributed by atoms with E-state index in [0.717, 1.165) is 0 Å². The van der Waals surface area contributed by atoms with Gasteiger partial charge < -0.3 is 19.9 Å². The van der Waals surface area contributed by atoms with Gasteiger partial charge in [-0.2, -0.15) is 0 Å². The number of hydrogen-bond donors (Lipinski definition) is 3. The van der Waals surface area contributed by atoms with Crippen LogP contribution in [0.2, 0.25) is 0 Å². The maximum atomic E-state index is 14.6. The minimum absolute atomic E-state index is 0.0137. The molecule has 144 valence electrons. The minimum atomic E-state index is -1.30. The molecule has 1 saturated heterocycles. The second kappa shape index (κ2) is 7.53. The van der Waals surface area contributed by atoms with Gasteiger partial charge in [0, 0.05) is 29.5 Å². The zero-order valence-electron chi connectivity index (χ0n) is 14.2. The van der Waals surface area contributed by atoms with Gasteiger partial charge in [-0.3, -0.25) is 14.4 Å². The van der Waals surface area contributed by atoms with E-state index in [9.17, 15) is 28.3 Å². The van der Waals surface area contributed by atoms with Gasteiger partial charge in [-0.25, -0.2) is 8.78 Å². The molecule has 0 amide bonds. The van der Waals surface area contributed by atoms with Crippen molar-refractivity contribution < 1.29 is 33.3 Å². The third-order valence-electron chi connectivity index (χ3n) is 4.61. The number of carboxylic acid groups (broad SMARTS) is 1. The molecule has 0 spiro atoms. The summed E-state index contributed by atoms with van der Waals surface area (Å²) in [6.45, 7) is -0.369. The summed E-state index contributed by atoms with van der Waals surface area (Å²) in [6.07, 6.45) is -0.446. The first kappa shape index (κ1) is 19.1. The third kappa shape index (κ3) is 3.47. The van der Waals surface area contributed by atoms with Crippen LogP contribution in [0.15, 0.2) is 10.9 Å². The summed E-state index contributed by atoms with van der Waals surface area (Å²) >= 11 is 0. The largest absolute Gasteiger partial charge is 0.481 e. The number of H-pyrrole nitrogens is 1. The fourth-order valence-electron chi connectivity index (χ4n) is 3.32. The number of ether oxygens (including phenoxy) is 1. The van der Waals surface area contributed by atoms with Crippen molar-refractivity contribution in [2.45, 2.75) is 38.4 Å². The summed E-state index contributed by atoms with van der Waals surface area (Å²) in [4.78, 5) is 37.4. The van der Waals surface area contributed by atoms with Gasteiger partial charge in [0.25, 0.3) is 5.56 Å². The van der Waals surface area contributed by atoms with E-state index in [4.69, 9.17) is 9.84 Å². The number of Topliss-reactive ketones (excluding diaryl/α,β-unsaturated/α-hetero) is 1. The highest BCUT2D eigenvalue weighted by Crippen LogP contribution is 2.35. The molecule has 2 heterocycles. The van der Waals surface area contributed by atoms with Crippen LogP contribution in [0.1, 0.15) is 53.3 Å². The van der Waals surface area contributed by atoms with Crippen molar-refractivity contribution in [1.29, 1.82) is 0 Å². The number of aliphatic hydroxyl groups is 1. The zero-order chi connectivity index (χ0) is 19.7. The molecule has 1 aliphatic heterocycles. The summed E-state index contributed by atoms with van der Waals surface area (Å²) in [5.41, 5.74) is -2.13. The van der Waals surface area contributed by atoms with Crippen LogP contribution in [0.5, 0.6) is 0 Å². The molecule has 2 aromatic rings. The first-order chi connectivity index (χ1) is 12.8. The highest BCUT2D eigenvalue weighted by molar-refractivity contribution is 6.02. The Balaban J connectivity index is 2.22. The monoisotopic (exact) mass is 381 g/mol. The molecule has 7 nitrogen and oxygen atoms in total. The average molecular weight is 381 g/mol. The molecular weight excluding hydrogens is 364 g/mol. The number of rotatable bonds is 6. The number of benzene rings is 1. The van der Waals surface area contributed by atoms with Gasteiger partial charge in [0.05, 0.1) is 30.2 Å². The number of pyridine rings is 1. The molecule has 1 atom stereocenters. The molecule has 9 heteroatoms. The number of aromatic nitrogens is 1. The lowest BCUT2D eigenvalue weighted by molar-refractivity contribution is -0.136. The number of ketones is 1. The SMILES string of the molecule is O=C(O)CCC(=O)c1c(CO)c2cc(C3CCCO3)c(F)c(F)c2[nH]c1=O. The lowest BCUT2D eigenvalue weighted by Crippen LogP contribution is -2.23. The number of nitrogens with one attached hydrogen (secondary N) is 1. The Morgan fingerprint density at radius 2 is 2.00 bits per heavy atom. The van der Waals surface area contributed by atoms with Gasteiger partial charge in [-0.05, 0) is 18.9 Å². The van der Waals surface area contributed by atoms with Crippen molar-refractivity contribution in [3.63, 3.8) is 0 Å². The fourth-order valence-corrected chi connectivity index (χ4v) is 3.32. The predicted molar refractivity (Wildman–Crippen MR) is 89.5 cm³/mol. The van der Waals surface area contributed by atoms with E-state index in [1.165, 1.54) is 6.07 Å². The number of aliphatic hydroxyl groups excluding tert-OH is 1. The van der Waals surface area contributed by atoms with E-state index < -0.39 is 65.6 Å². The Bertz CT molecular complexity index is 978. The lowest BCUT2D eigenvalue weighted by atomic mass is 9.95. The van der Waals surface area contributed by atoms with Gasteiger partial charge in [0.15, 0.2) is 17.4 Å². The second-order valence-electron chi connectivity index (χ2n) is 6.30. The Morgan fingerprint density at radius 3 is 2.59 bits per heavy atom. The standard InChI is InChI=1S/C18H17F2NO6/c19-15-9(12-2-1-5-27-12)6-8-10(7-22)14(11(23)3-4-13(24)25)18(26)21-17(8)16(15)20/h6,12,22H,1-5,7H2,(H,21,26)(H,24,25). The third-order valence-corrected chi connectivity index (χ3v) is 4.61. The Kier molecular flexibility index (Phi) is 5.33. The Hall–Kier alpha value is -2.65. The Morgan fingerprint density at radius 1 is 1.26 bits per heavy atom. The summed E-state index contributed by atoms with van der Waals surface area (Å²) < 4.78 is 34.4. The summed E-state index contributed by atoms with van der Waals surface area (Å²) in [6, 6.07) is 1.26. The zero-order valence-corrected chi connectivity index (χ0v) is 14.2. The van der Waals surface area contributed by atoms with Crippen LogP contribution in [-0.4, -0.2) is 33.6 Å². The first-order valence-corrected chi connectivity index (χ1v) is 8.39. The number of aliphatic carboxylic acids is 1. The molecular formula is C18H17F2NO6. The summed E-state index contributed by atoms with van der Waals surface area (Å²) in [5.74, 6) is -4.47. The normalized spacial score (nSPS) is 16.8. The second-order valence-corrected chi connectivity index (χ2v) is 6.30. The van der Waals surface area contributed by atoms with Crippen LogP contribution < -0.4 is 5.56 Å². The van der Waals surface area contributed by atoms with Crippen LogP contribution in [0, 0.1) is 11.6 Å². The smallest absolute Gasteiger partial charge is 0.303 e. The molecule has 1 aliphatic rings. The first-order valence-electron chi connectivity index (χ1n) is 8.39. The van der Waals surface area contributed by atoms with Gasteiger partial charge in [0.2, 0.25) is 0 Å². The molecule has 1 unspecified atom stereocenters. The minimum Gasteiger partial charge on any atom is -0.481 e. The van der Waals surface area contributed by atoms with Crippen molar-refractivity contribution in [1.82, 2.24) is 4.98 Å². The van der Waals surface area contributed by atoms with Crippen molar-refractivity contribution >= 4 is 22.7 Å². The predicted octanol–water partition coefficient (Wildman–Crippen LogP) is 2.20. The van der Waals surface area contributed by atoms with Crippen LogP contribution in [0.3, 0.4) is 0 Å². The molecule has 1 aromatic heterocycles. The van der Waals surface area contributed by atoms with Crippen molar-refractivity contribution in [2.24, 2.45) is 0 Å². The number of fused-ring (bicyclic) bond motifs is 1. The molecule has 1 aromatic carbocycles. The fraction of sp³-hybridized carbons (Fsp3) is 0.389. The van der Waals surface area contributed by atoms with E-state index in [1.807, 2.05) is 0 Å². The number of aromatic amines is 1. The number of carbonyl (C=O) groups is 2. The Labute approximate surface area is 151 Å². The molecule has 1 fully saturated rings. The summed E-state index contributed by atoms with van der Waals surface area (Å²) in [7, 11) is 0. The molecule has 0 saturated carbocycles. The number of hydrogen-bond acceptors (Lipinski definition) is 5. The van der Waals surface area contributed by atoms with E-state index in [1.54, 1.807) is 0 Å². The highest BCUT2D eigenvalue weighted by atomic mass is 19.2. The van der Waals surface area contributed by atoms with E-state index in [0.29, 0.717) is 19.4 Å². The maximum absolute atomic E-state index is 14.6. The number of halogens is 2. The molecule has 0 radical (unpaired) electrons. The van der Waals surface area contributed by atoms with Crippen molar-refractivity contribution in [3.8, 4) is 0 Å². The molecule has 3 N–H and O–H groups in total. The maximum Gasteiger partial charge on any atom is 0.303 e. The number of carboxylic acids is 1. The lowest BCUT2D eigenvalue weighted by Gasteiger charge is -2.16. The topological polar surface area (TPSA) is 117 Å². The van der Waals surface area contributed by atoms with Crippen molar-refractivity contribution in [2.75, 3.05) is 6.61 Å². The van der Waals surface area contributed by atoms with E-state index in [-0.39, 0.29) is 16.5 Å². The summed E-state index contributed by atoms with van der Waals surface area (Å²) in [5, 5.41) is 18.4. The quantitative estimate of drug-likeness (QED) is 0.661. The van der Waals surface area contributed by atoms with Crippen LogP contribution >= 0.6 is 0 Å². The molecule has 3 rings (SSSR count). The van der Waals surface area contributed by atoms with Gasteiger partial charge in [-0.15, -0.1) is 0 Å². The molecule has 0 bridgehead atoms. The van der Waals surface area contributed by atoms with Gasteiger partial charge >= 0.3 is 5.97 Å². The van der Waals surface area contributed by atoms with Crippen molar-refractivity contribution in [3.05, 3.63) is 44.7 Å². The van der Waals surface area contributed by atoms with Crippen LogP contribution in [-0.2, 0) is 16.1 Å². The molecule has 0 aliphatic carbocycles. The van der Waals surface area contributed by atoms with E-state index in [2.05, 4.69) is 4.98 Å². The molecule has 27 heavy (non-hydrogen) atoms. The van der Waals surface area contributed by atoms with Crippen LogP contribution in [0.25, 0.3) is 10.9 Å². The average Bonchev–Trinajstić information content (AvgIpc) is 3.16. The van der Waals surface area contributed by atoms with Crippen LogP contribution in [0.4, 0.5) is 8.78 Å². The van der Waals surface area contributed by atoms with E-state index >= 15 is 0 Å². The highest BCUT2D eigenvalue weighted by Gasteiger charge is 2.28. The number of carbonyl (C=O) groups excluding carboxylic acids is 1. The van der Waals surface area contributed by atoms with Gasteiger partial charge in [-0.1, -0.05) is 0 Å². The van der Waals surface area contributed by atoms with Gasteiger partial charge in [0.1, 0.15) is 0 Å².